The molecule has 1 aromatic carbocycles. The maximum absolute atomic E-state index is 9.00. The van der Waals surface area contributed by atoms with Crippen molar-refractivity contribution in [1.29, 1.82) is 5.26 Å². The van der Waals surface area contributed by atoms with Gasteiger partial charge in [0.25, 0.3) is 0 Å². The average molecular weight is 175 g/mol. The van der Waals surface area contributed by atoms with E-state index in [9.17, 15) is 0 Å². The quantitative estimate of drug-likeness (QED) is 0.454. The monoisotopic (exact) mass is 175 g/mol. The van der Waals surface area contributed by atoms with Crippen LogP contribution in [0.15, 0.2) is 23.1 Å². The Morgan fingerprint density at radius 2 is 2.09 bits per heavy atom. The number of nitriles is 1. The van der Waals surface area contributed by atoms with Gasteiger partial charge >= 0.3 is 29.6 Å². The summed E-state index contributed by atoms with van der Waals surface area (Å²) in [5.41, 5.74) is 0.440. The van der Waals surface area contributed by atoms with Gasteiger partial charge in [0, 0.05) is 4.90 Å². The molecule has 0 spiro atoms. The van der Waals surface area contributed by atoms with E-state index in [1.165, 1.54) is 6.07 Å². The summed E-state index contributed by atoms with van der Waals surface area (Å²) in [6, 6.07) is 6.46. The Kier molecular flexibility index (Phi) is 4.62. The third-order valence-electron chi connectivity index (χ3n) is 1.10. The summed E-state index contributed by atoms with van der Waals surface area (Å²) < 4.78 is 0. The summed E-state index contributed by atoms with van der Waals surface area (Å²) in [5, 5.41) is 17.4. The summed E-state index contributed by atoms with van der Waals surface area (Å²) in [6.45, 7) is 0. The zero-order chi connectivity index (χ0) is 7.56. The second kappa shape index (κ2) is 4.68. The molecule has 0 amide bonds. The van der Waals surface area contributed by atoms with Crippen LogP contribution in [0.4, 0.5) is 0 Å². The van der Waals surface area contributed by atoms with Crippen LogP contribution in [0, 0.1) is 11.3 Å². The zero-order valence-electron chi connectivity index (χ0n) is 5.07. The molecule has 1 N–H and O–H groups in total. The van der Waals surface area contributed by atoms with Crippen molar-refractivity contribution in [3.05, 3.63) is 23.8 Å². The third-order valence-corrected chi connectivity index (χ3v) is 1.48. The van der Waals surface area contributed by atoms with Crippen molar-refractivity contribution in [3.8, 4) is 11.8 Å². The third kappa shape index (κ3) is 2.76. The molecule has 0 aliphatic rings. The fourth-order valence-electron chi connectivity index (χ4n) is 0.593. The molecule has 0 atom stereocenters. The number of hydrogen-bond donors (Lipinski definition) is 2. The van der Waals surface area contributed by atoms with E-state index in [1.807, 2.05) is 6.07 Å². The summed E-state index contributed by atoms with van der Waals surface area (Å²) >= 11 is 3.92. The normalized spacial score (nSPS) is 8.00. The van der Waals surface area contributed by atoms with E-state index in [0.29, 0.717) is 10.5 Å². The zero-order valence-corrected chi connectivity index (χ0v) is 5.97. The first-order valence-corrected chi connectivity index (χ1v) is 3.11. The van der Waals surface area contributed by atoms with Gasteiger partial charge in [-0.3, -0.25) is 0 Å². The van der Waals surface area contributed by atoms with Crippen molar-refractivity contribution in [3.63, 3.8) is 0 Å². The predicted molar refractivity (Wildman–Crippen MR) is 47.2 cm³/mol. The summed E-state index contributed by atoms with van der Waals surface area (Å²) in [5.74, 6) is 0.0439. The van der Waals surface area contributed by atoms with Crippen LogP contribution in [-0.2, 0) is 0 Å². The molecule has 4 heteroatoms. The molecule has 0 bridgehead atoms. The van der Waals surface area contributed by atoms with Crippen LogP contribution in [0.25, 0.3) is 0 Å². The van der Waals surface area contributed by atoms with E-state index < -0.39 is 0 Å². The summed E-state index contributed by atoms with van der Waals surface area (Å²) in [6.07, 6.45) is 0. The van der Waals surface area contributed by atoms with Gasteiger partial charge in [-0.2, -0.15) is 5.26 Å². The minimum absolute atomic E-state index is 0. The fourth-order valence-corrected chi connectivity index (χ4v) is 0.732. The number of nitrogens with zero attached hydrogens (tertiary/aromatic N) is 1. The van der Waals surface area contributed by atoms with Gasteiger partial charge in [-0.05, 0) is 18.2 Å². The molecule has 1 rings (SSSR count). The second-order valence-electron chi connectivity index (χ2n) is 1.82. The van der Waals surface area contributed by atoms with E-state index >= 15 is 0 Å². The van der Waals surface area contributed by atoms with E-state index in [4.69, 9.17) is 10.4 Å². The van der Waals surface area contributed by atoms with Crippen molar-refractivity contribution in [2.24, 2.45) is 0 Å². The first kappa shape index (κ1) is 10.9. The number of phenolic OH excluding ortho intramolecular Hbond substituents is 1. The van der Waals surface area contributed by atoms with E-state index in [1.54, 1.807) is 12.1 Å². The summed E-state index contributed by atoms with van der Waals surface area (Å²) in [7, 11) is 0. The second-order valence-corrected chi connectivity index (χ2v) is 2.30. The van der Waals surface area contributed by atoms with Gasteiger partial charge in [0.15, 0.2) is 0 Å². The van der Waals surface area contributed by atoms with Crippen molar-refractivity contribution in [2.75, 3.05) is 0 Å². The predicted octanol–water partition coefficient (Wildman–Crippen LogP) is 0.904. The molecule has 0 saturated carbocycles. The van der Waals surface area contributed by atoms with Gasteiger partial charge in [0.05, 0.1) is 11.6 Å². The van der Waals surface area contributed by atoms with Gasteiger partial charge < -0.3 is 5.11 Å². The maximum atomic E-state index is 9.00. The van der Waals surface area contributed by atoms with Crippen LogP contribution in [0.1, 0.15) is 5.56 Å². The minimum atomic E-state index is 0. The molecule has 0 radical (unpaired) electrons. The van der Waals surface area contributed by atoms with E-state index in [2.05, 4.69) is 12.6 Å². The number of rotatable bonds is 0. The molecule has 0 heterocycles. The molecule has 2 nitrogen and oxygen atoms in total. The molecule has 0 aliphatic carbocycles. The molecule has 1 aromatic rings. The Hall–Kier alpha value is -0.140. The van der Waals surface area contributed by atoms with Crippen LogP contribution in [0.2, 0.25) is 0 Å². The topological polar surface area (TPSA) is 44.0 Å². The molecule has 0 unspecified atom stereocenters. The SMILES string of the molecule is N#Cc1ccc(S)c(O)c1.[NaH]. The summed E-state index contributed by atoms with van der Waals surface area (Å²) in [4.78, 5) is 0.485. The van der Waals surface area contributed by atoms with Gasteiger partial charge in [-0.1, -0.05) is 0 Å². The first-order valence-electron chi connectivity index (χ1n) is 2.66. The van der Waals surface area contributed by atoms with Crippen LogP contribution in [0.3, 0.4) is 0 Å². The van der Waals surface area contributed by atoms with E-state index in [0.717, 1.165) is 0 Å². The number of hydrogen-bond acceptors (Lipinski definition) is 3. The van der Waals surface area contributed by atoms with Crippen molar-refractivity contribution >= 4 is 42.2 Å². The Morgan fingerprint density at radius 1 is 1.45 bits per heavy atom. The molecule has 11 heavy (non-hydrogen) atoms. The van der Waals surface area contributed by atoms with Gasteiger partial charge in [0.1, 0.15) is 5.75 Å². The number of thiol groups is 1. The van der Waals surface area contributed by atoms with Crippen molar-refractivity contribution in [2.45, 2.75) is 4.90 Å². The molecule has 0 fully saturated rings. The Bertz CT molecular complexity index is 295. The Balaban J connectivity index is 0.000001000. The van der Waals surface area contributed by atoms with Gasteiger partial charge in [-0.25, -0.2) is 0 Å². The van der Waals surface area contributed by atoms with Crippen LogP contribution in [-0.4, -0.2) is 34.7 Å². The first-order chi connectivity index (χ1) is 4.74. The number of phenols is 1. The van der Waals surface area contributed by atoms with Crippen LogP contribution >= 0.6 is 12.6 Å². The van der Waals surface area contributed by atoms with Crippen LogP contribution in [0.5, 0.6) is 5.75 Å². The number of benzene rings is 1. The molecular formula is C7H6NNaOS. The molecule has 52 valence electrons. The molecule has 0 aromatic heterocycles. The average Bonchev–Trinajstić information content (AvgIpc) is 1.95. The molecule has 0 aliphatic heterocycles. The Morgan fingerprint density at radius 3 is 2.55 bits per heavy atom. The van der Waals surface area contributed by atoms with Crippen molar-refractivity contribution in [1.82, 2.24) is 0 Å². The molecular weight excluding hydrogens is 169 g/mol. The number of aromatic hydroxyl groups is 1. The molecule has 0 saturated heterocycles. The van der Waals surface area contributed by atoms with Crippen LogP contribution < -0.4 is 0 Å². The Labute approximate surface area is 92.6 Å². The van der Waals surface area contributed by atoms with E-state index in [-0.39, 0.29) is 35.3 Å². The fraction of sp³-hybridized carbons (Fsp3) is 0. The van der Waals surface area contributed by atoms with Gasteiger partial charge in [-0.15, -0.1) is 12.6 Å². The standard InChI is InChI=1S/C7H5NOS.Na.H/c8-4-5-1-2-7(10)6(9)3-5;;/h1-3,9-10H;;. The van der Waals surface area contributed by atoms with Gasteiger partial charge in [0.2, 0.25) is 0 Å². The van der Waals surface area contributed by atoms with Crippen molar-refractivity contribution < 1.29 is 5.11 Å².